The molecule has 0 atom stereocenters. The van der Waals surface area contributed by atoms with Gasteiger partial charge >= 0.3 is 6.09 Å². The Bertz CT molecular complexity index is 1040. The van der Waals surface area contributed by atoms with Crippen LogP contribution in [-0.4, -0.2) is 16.3 Å². The molecule has 0 saturated carbocycles. The van der Waals surface area contributed by atoms with Crippen molar-refractivity contribution >= 4 is 40.2 Å². The van der Waals surface area contributed by atoms with Gasteiger partial charge in [0, 0.05) is 21.0 Å². The number of benzene rings is 2. The molecule has 26 heavy (non-hydrogen) atoms. The van der Waals surface area contributed by atoms with Crippen molar-refractivity contribution in [2.75, 3.05) is 0 Å². The first-order valence-corrected chi connectivity index (χ1v) is 8.69. The van der Waals surface area contributed by atoms with Crippen LogP contribution in [0.3, 0.4) is 0 Å². The van der Waals surface area contributed by atoms with Gasteiger partial charge in [0.05, 0.1) is 22.8 Å². The van der Waals surface area contributed by atoms with Gasteiger partial charge < -0.3 is 4.74 Å². The molecule has 1 aromatic heterocycles. The number of nitrogens with zero attached hydrogens (tertiary/aromatic N) is 2. The van der Waals surface area contributed by atoms with Gasteiger partial charge in [0.2, 0.25) is 0 Å². The zero-order valence-electron chi connectivity index (χ0n) is 14.5. The van der Waals surface area contributed by atoms with Gasteiger partial charge in [0.25, 0.3) is 0 Å². The third-order valence-corrected chi connectivity index (χ3v) is 4.10. The molecule has 0 aliphatic rings. The van der Waals surface area contributed by atoms with Crippen LogP contribution in [0, 0.1) is 11.3 Å². The van der Waals surface area contributed by atoms with Crippen molar-refractivity contribution in [3.63, 3.8) is 0 Å². The van der Waals surface area contributed by atoms with E-state index < -0.39 is 11.7 Å². The fourth-order valence-corrected chi connectivity index (χ4v) is 3.23. The molecule has 6 heteroatoms. The smallest absolute Gasteiger partial charge is 0.419 e. The maximum atomic E-state index is 12.9. The number of aromatic nitrogens is 1. The van der Waals surface area contributed by atoms with Gasteiger partial charge in [0.1, 0.15) is 5.60 Å². The molecule has 0 spiro atoms. The minimum atomic E-state index is -0.649. The predicted molar refractivity (Wildman–Crippen MR) is 104 cm³/mol. The van der Waals surface area contributed by atoms with E-state index in [1.165, 1.54) is 4.57 Å². The molecule has 132 valence electrons. The highest BCUT2D eigenvalue weighted by Crippen LogP contribution is 2.33. The van der Waals surface area contributed by atoms with Crippen molar-refractivity contribution in [3.8, 4) is 17.3 Å². The first-order chi connectivity index (χ1) is 12.2. The van der Waals surface area contributed by atoms with Crippen LogP contribution in [0.5, 0.6) is 0 Å². The third-order valence-electron chi connectivity index (χ3n) is 3.67. The first-order valence-electron chi connectivity index (χ1n) is 7.93. The van der Waals surface area contributed by atoms with E-state index in [0.29, 0.717) is 32.4 Å². The Kier molecular flexibility index (Phi) is 4.70. The molecule has 3 aromatic rings. The second kappa shape index (κ2) is 6.68. The van der Waals surface area contributed by atoms with E-state index in [0.717, 1.165) is 5.39 Å². The van der Waals surface area contributed by atoms with Crippen molar-refractivity contribution < 1.29 is 9.53 Å². The highest BCUT2D eigenvalue weighted by atomic mass is 35.5. The summed E-state index contributed by atoms with van der Waals surface area (Å²) >= 11 is 12.3. The summed E-state index contributed by atoms with van der Waals surface area (Å²) in [6.07, 6.45) is -0.511. The Balaban J connectivity index is 2.28. The SMILES string of the molecule is CC(C)(C)OC(=O)n1c(-c2cc(Cl)cc(Cl)c2)cc2cc(C#N)ccc21. The van der Waals surface area contributed by atoms with Gasteiger partial charge in [-0.15, -0.1) is 0 Å². The fraction of sp³-hybridized carbons (Fsp3) is 0.200. The molecule has 2 aromatic carbocycles. The second-order valence-electron chi connectivity index (χ2n) is 6.89. The van der Waals surface area contributed by atoms with Crippen molar-refractivity contribution in [1.82, 2.24) is 4.57 Å². The average molecular weight is 387 g/mol. The number of carbonyl (C=O) groups is 1. The number of halogens is 2. The van der Waals surface area contributed by atoms with Crippen LogP contribution >= 0.6 is 23.2 Å². The summed E-state index contributed by atoms with van der Waals surface area (Å²) in [5.41, 5.74) is 1.78. The van der Waals surface area contributed by atoms with Crippen molar-refractivity contribution in [3.05, 3.63) is 58.1 Å². The van der Waals surface area contributed by atoms with Gasteiger partial charge in [-0.25, -0.2) is 9.36 Å². The monoisotopic (exact) mass is 386 g/mol. The van der Waals surface area contributed by atoms with Crippen molar-refractivity contribution in [2.24, 2.45) is 0 Å². The molecule has 4 nitrogen and oxygen atoms in total. The Labute approximate surface area is 161 Å². The van der Waals surface area contributed by atoms with E-state index in [2.05, 4.69) is 6.07 Å². The maximum absolute atomic E-state index is 12.9. The summed E-state index contributed by atoms with van der Waals surface area (Å²) in [7, 11) is 0. The van der Waals surface area contributed by atoms with E-state index in [1.54, 1.807) is 57.2 Å². The number of rotatable bonds is 1. The molecule has 0 aliphatic heterocycles. The van der Waals surface area contributed by atoms with E-state index in [-0.39, 0.29) is 0 Å². The number of carbonyl (C=O) groups excluding carboxylic acids is 1. The van der Waals surface area contributed by atoms with E-state index in [9.17, 15) is 4.79 Å². The summed E-state index contributed by atoms with van der Waals surface area (Å²) < 4.78 is 7.04. The van der Waals surface area contributed by atoms with Gasteiger partial charge in [-0.1, -0.05) is 23.2 Å². The average Bonchev–Trinajstić information content (AvgIpc) is 2.90. The lowest BCUT2D eigenvalue weighted by Crippen LogP contribution is -2.27. The van der Waals surface area contributed by atoms with Gasteiger partial charge in [-0.3, -0.25) is 0 Å². The van der Waals surface area contributed by atoms with Crippen LogP contribution < -0.4 is 0 Å². The standard InChI is InChI=1S/C20H16Cl2N2O2/c1-20(2,3)26-19(25)24-17-5-4-12(11-23)6-13(17)9-18(24)14-7-15(21)10-16(22)8-14/h4-10H,1-3H3. The first kappa shape index (κ1) is 18.3. The third kappa shape index (κ3) is 3.70. The number of nitriles is 1. The van der Waals surface area contributed by atoms with Crippen LogP contribution in [-0.2, 0) is 4.74 Å². The Morgan fingerprint density at radius 3 is 2.31 bits per heavy atom. The van der Waals surface area contributed by atoms with Crippen LogP contribution in [0.2, 0.25) is 10.0 Å². The Morgan fingerprint density at radius 1 is 1.08 bits per heavy atom. The van der Waals surface area contributed by atoms with Gasteiger partial charge in [-0.05, 0) is 63.2 Å². The summed E-state index contributed by atoms with van der Waals surface area (Å²) in [6, 6.07) is 14.1. The summed E-state index contributed by atoms with van der Waals surface area (Å²) in [6.45, 7) is 5.42. The van der Waals surface area contributed by atoms with Crippen LogP contribution in [0.15, 0.2) is 42.5 Å². The molecule has 0 bridgehead atoms. The zero-order chi connectivity index (χ0) is 19.1. The fourth-order valence-electron chi connectivity index (χ4n) is 2.70. The highest BCUT2D eigenvalue weighted by Gasteiger charge is 2.23. The maximum Gasteiger partial charge on any atom is 0.419 e. The van der Waals surface area contributed by atoms with Gasteiger partial charge in [-0.2, -0.15) is 5.26 Å². The molecule has 1 heterocycles. The van der Waals surface area contributed by atoms with Crippen molar-refractivity contribution in [2.45, 2.75) is 26.4 Å². The zero-order valence-corrected chi connectivity index (χ0v) is 16.0. The Hall–Kier alpha value is -2.48. The molecule has 0 saturated heterocycles. The van der Waals surface area contributed by atoms with Crippen LogP contribution in [0.25, 0.3) is 22.2 Å². The summed E-state index contributed by atoms with van der Waals surface area (Å²) in [5.74, 6) is 0. The minimum Gasteiger partial charge on any atom is -0.443 e. The number of hydrogen-bond acceptors (Lipinski definition) is 3. The molecular formula is C20H16Cl2N2O2. The summed E-state index contributed by atoms with van der Waals surface area (Å²) in [5, 5.41) is 10.8. The minimum absolute atomic E-state index is 0.464. The molecular weight excluding hydrogens is 371 g/mol. The Morgan fingerprint density at radius 2 is 1.73 bits per heavy atom. The molecule has 0 fully saturated rings. The molecule has 0 unspecified atom stereocenters. The number of fused-ring (bicyclic) bond motifs is 1. The normalized spacial score (nSPS) is 11.4. The van der Waals surface area contributed by atoms with Crippen molar-refractivity contribution in [1.29, 1.82) is 5.26 Å². The van der Waals surface area contributed by atoms with Crippen LogP contribution in [0.4, 0.5) is 4.79 Å². The molecule has 0 amide bonds. The highest BCUT2D eigenvalue weighted by molar-refractivity contribution is 6.35. The van der Waals surface area contributed by atoms with Crippen LogP contribution in [0.1, 0.15) is 26.3 Å². The molecule has 3 rings (SSSR count). The predicted octanol–water partition coefficient (Wildman–Crippen LogP) is 6.27. The lowest BCUT2D eigenvalue weighted by molar-refractivity contribution is 0.0547. The lowest BCUT2D eigenvalue weighted by atomic mass is 10.1. The topological polar surface area (TPSA) is 55.0 Å². The quantitative estimate of drug-likeness (QED) is 0.494. The molecule has 0 aliphatic carbocycles. The molecule has 0 radical (unpaired) electrons. The van der Waals surface area contributed by atoms with Gasteiger partial charge in [0.15, 0.2) is 0 Å². The second-order valence-corrected chi connectivity index (χ2v) is 7.76. The number of ether oxygens (including phenoxy) is 1. The van der Waals surface area contributed by atoms with E-state index in [4.69, 9.17) is 33.2 Å². The van der Waals surface area contributed by atoms with E-state index in [1.807, 2.05) is 6.07 Å². The van der Waals surface area contributed by atoms with E-state index >= 15 is 0 Å². The largest absolute Gasteiger partial charge is 0.443 e. The number of hydrogen-bond donors (Lipinski definition) is 0. The molecule has 0 N–H and O–H groups in total. The lowest BCUT2D eigenvalue weighted by Gasteiger charge is -2.21. The summed E-state index contributed by atoms with van der Waals surface area (Å²) in [4.78, 5) is 12.9.